The monoisotopic (exact) mass is 695 g/mol. The standard InChI is InChI=1S/C40H70O9/c1-3-5-7-9-11-12-13-14-15-16-17-18-19-20-21-22-23-25-27-29-36(42)48-34(32-46-30-28-26-24-10-8-6-4-2)33-47-40-39(45)38(44)37(43)35(31-41)49-40/h5,7,11-12,14-15,17-18,34-35,37-41,43-45H,3-4,6,8-10,13,16,19-33H2,1-2H3/b7-5-,12-11-,15-14-,18-17-. The van der Waals surface area contributed by atoms with Crippen molar-refractivity contribution in [1.29, 1.82) is 0 Å². The Balaban J connectivity index is 2.28. The summed E-state index contributed by atoms with van der Waals surface area (Å²) in [5, 5.41) is 39.8. The van der Waals surface area contributed by atoms with Crippen LogP contribution in [0.25, 0.3) is 0 Å². The van der Waals surface area contributed by atoms with Crippen LogP contribution in [0.4, 0.5) is 0 Å². The van der Waals surface area contributed by atoms with Gasteiger partial charge in [0.1, 0.15) is 30.5 Å². The van der Waals surface area contributed by atoms with E-state index in [1.165, 1.54) is 44.9 Å². The molecule has 0 aromatic heterocycles. The van der Waals surface area contributed by atoms with Gasteiger partial charge in [0.15, 0.2) is 6.29 Å². The van der Waals surface area contributed by atoms with E-state index >= 15 is 0 Å². The first-order valence-corrected chi connectivity index (χ1v) is 19.2. The van der Waals surface area contributed by atoms with Crippen molar-refractivity contribution in [3.8, 4) is 0 Å². The molecule has 6 unspecified atom stereocenters. The number of esters is 1. The molecule has 0 spiro atoms. The number of allylic oxidation sites excluding steroid dienone is 8. The van der Waals surface area contributed by atoms with Gasteiger partial charge >= 0.3 is 5.97 Å². The average molecular weight is 695 g/mol. The largest absolute Gasteiger partial charge is 0.457 e. The normalized spacial score (nSPS) is 22.3. The van der Waals surface area contributed by atoms with E-state index < -0.39 is 43.4 Å². The Morgan fingerprint density at radius 3 is 1.88 bits per heavy atom. The highest BCUT2D eigenvalue weighted by Gasteiger charge is 2.44. The lowest BCUT2D eigenvalue weighted by molar-refractivity contribution is -0.305. The number of hydrogen-bond acceptors (Lipinski definition) is 9. The summed E-state index contributed by atoms with van der Waals surface area (Å²) >= 11 is 0. The third-order valence-corrected chi connectivity index (χ3v) is 8.51. The van der Waals surface area contributed by atoms with Gasteiger partial charge in [0.05, 0.1) is 19.8 Å². The highest BCUT2D eigenvalue weighted by Crippen LogP contribution is 2.22. The Morgan fingerprint density at radius 1 is 0.673 bits per heavy atom. The molecular weight excluding hydrogens is 624 g/mol. The van der Waals surface area contributed by atoms with Crippen LogP contribution in [0.2, 0.25) is 0 Å². The van der Waals surface area contributed by atoms with Crippen LogP contribution < -0.4 is 0 Å². The van der Waals surface area contributed by atoms with E-state index in [2.05, 4.69) is 62.5 Å². The van der Waals surface area contributed by atoms with E-state index in [4.69, 9.17) is 18.9 Å². The first-order chi connectivity index (χ1) is 23.9. The number of rotatable bonds is 31. The number of aliphatic hydroxyl groups excluding tert-OH is 4. The smallest absolute Gasteiger partial charge is 0.306 e. The molecule has 49 heavy (non-hydrogen) atoms. The molecule has 0 radical (unpaired) electrons. The van der Waals surface area contributed by atoms with Gasteiger partial charge in [-0.3, -0.25) is 4.79 Å². The Morgan fingerprint density at radius 2 is 1.24 bits per heavy atom. The summed E-state index contributed by atoms with van der Waals surface area (Å²) in [5.41, 5.74) is 0. The molecule has 6 atom stereocenters. The van der Waals surface area contributed by atoms with Crippen LogP contribution in [0.15, 0.2) is 48.6 Å². The van der Waals surface area contributed by atoms with Crippen molar-refractivity contribution in [3.63, 3.8) is 0 Å². The SMILES string of the molecule is CC/C=C\C/C=C\C/C=C\C/C=C\CCCCCCCCC(=O)OC(COCCCCCCCCC)COC1OC(CO)C(O)C(O)C1O. The lowest BCUT2D eigenvalue weighted by Gasteiger charge is -2.39. The van der Waals surface area contributed by atoms with Crippen LogP contribution in [0.1, 0.15) is 136 Å². The third-order valence-electron chi connectivity index (χ3n) is 8.51. The van der Waals surface area contributed by atoms with Gasteiger partial charge in [0.25, 0.3) is 0 Å². The summed E-state index contributed by atoms with van der Waals surface area (Å²) in [6.07, 6.45) is 30.0. The molecule has 284 valence electrons. The molecule has 0 bridgehead atoms. The highest BCUT2D eigenvalue weighted by molar-refractivity contribution is 5.69. The summed E-state index contributed by atoms with van der Waals surface area (Å²) in [6, 6.07) is 0. The first kappa shape index (κ1) is 45.2. The van der Waals surface area contributed by atoms with Crippen LogP contribution in [0.3, 0.4) is 0 Å². The van der Waals surface area contributed by atoms with Gasteiger partial charge in [-0.25, -0.2) is 0 Å². The molecule has 1 rings (SSSR count). The lowest BCUT2D eigenvalue weighted by atomic mass is 9.99. The molecule has 1 aliphatic rings. The van der Waals surface area contributed by atoms with Crippen molar-refractivity contribution in [3.05, 3.63) is 48.6 Å². The second kappa shape index (κ2) is 32.1. The molecule has 1 fully saturated rings. The predicted octanol–water partition coefficient (Wildman–Crippen LogP) is 7.41. The fraction of sp³-hybridized carbons (Fsp3) is 0.775. The maximum atomic E-state index is 12.7. The fourth-order valence-corrected chi connectivity index (χ4v) is 5.48. The minimum Gasteiger partial charge on any atom is -0.457 e. The molecule has 9 nitrogen and oxygen atoms in total. The molecule has 0 saturated carbocycles. The van der Waals surface area contributed by atoms with Crippen LogP contribution in [-0.4, -0.2) is 89.6 Å². The maximum absolute atomic E-state index is 12.7. The van der Waals surface area contributed by atoms with Crippen molar-refractivity contribution in [2.24, 2.45) is 0 Å². The van der Waals surface area contributed by atoms with Crippen LogP contribution in [-0.2, 0) is 23.7 Å². The molecule has 9 heteroatoms. The molecule has 0 amide bonds. The van der Waals surface area contributed by atoms with Crippen LogP contribution >= 0.6 is 0 Å². The predicted molar refractivity (Wildman–Crippen MR) is 196 cm³/mol. The molecule has 1 aliphatic heterocycles. The zero-order chi connectivity index (χ0) is 35.8. The molecule has 0 aliphatic carbocycles. The Hall–Kier alpha value is -1.85. The van der Waals surface area contributed by atoms with Crippen LogP contribution in [0, 0.1) is 0 Å². The fourth-order valence-electron chi connectivity index (χ4n) is 5.48. The number of ether oxygens (including phenoxy) is 4. The number of hydrogen-bond donors (Lipinski definition) is 4. The first-order valence-electron chi connectivity index (χ1n) is 19.2. The molecular formula is C40H70O9. The minimum atomic E-state index is -1.54. The number of carbonyl (C=O) groups is 1. The number of unbranched alkanes of at least 4 members (excludes halogenated alkanes) is 12. The van der Waals surface area contributed by atoms with Crippen molar-refractivity contribution < 1.29 is 44.2 Å². The van der Waals surface area contributed by atoms with Gasteiger partial charge in [-0.2, -0.15) is 0 Å². The van der Waals surface area contributed by atoms with Crippen molar-refractivity contribution in [1.82, 2.24) is 0 Å². The van der Waals surface area contributed by atoms with Crippen molar-refractivity contribution >= 4 is 5.97 Å². The number of carbonyl (C=O) groups excluding carboxylic acids is 1. The van der Waals surface area contributed by atoms with E-state index in [0.29, 0.717) is 13.0 Å². The molecule has 1 saturated heterocycles. The zero-order valence-electron chi connectivity index (χ0n) is 30.7. The summed E-state index contributed by atoms with van der Waals surface area (Å²) in [7, 11) is 0. The third kappa shape index (κ3) is 24.1. The van der Waals surface area contributed by atoms with E-state index in [0.717, 1.165) is 70.6 Å². The van der Waals surface area contributed by atoms with Crippen molar-refractivity contribution in [2.45, 2.75) is 173 Å². The maximum Gasteiger partial charge on any atom is 0.306 e. The summed E-state index contributed by atoms with van der Waals surface area (Å²) in [6.45, 7) is 4.37. The topological polar surface area (TPSA) is 135 Å². The van der Waals surface area contributed by atoms with Gasteiger partial charge < -0.3 is 39.4 Å². The van der Waals surface area contributed by atoms with Gasteiger partial charge in [-0.15, -0.1) is 0 Å². The van der Waals surface area contributed by atoms with E-state index in [1.54, 1.807) is 0 Å². The molecule has 4 N–H and O–H groups in total. The van der Waals surface area contributed by atoms with E-state index in [9.17, 15) is 25.2 Å². The molecule has 1 heterocycles. The molecule has 0 aromatic carbocycles. The van der Waals surface area contributed by atoms with Gasteiger partial charge in [-0.05, 0) is 51.4 Å². The lowest BCUT2D eigenvalue weighted by Crippen LogP contribution is -2.59. The summed E-state index contributed by atoms with van der Waals surface area (Å²) < 4.78 is 22.6. The van der Waals surface area contributed by atoms with E-state index in [1.807, 2.05) is 0 Å². The Kier molecular flexibility index (Phi) is 29.6. The van der Waals surface area contributed by atoms with Gasteiger partial charge in [0, 0.05) is 13.0 Å². The average Bonchev–Trinajstić information content (AvgIpc) is 3.10. The van der Waals surface area contributed by atoms with E-state index in [-0.39, 0.29) is 19.2 Å². The Labute approximate surface area is 297 Å². The highest BCUT2D eigenvalue weighted by atomic mass is 16.7. The number of aliphatic hydroxyl groups is 4. The zero-order valence-corrected chi connectivity index (χ0v) is 30.7. The second-order valence-electron chi connectivity index (χ2n) is 13.0. The minimum absolute atomic E-state index is 0.120. The van der Waals surface area contributed by atoms with Gasteiger partial charge in [-0.1, -0.05) is 127 Å². The summed E-state index contributed by atoms with van der Waals surface area (Å²) in [4.78, 5) is 12.7. The van der Waals surface area contributed by atoms with Crippen molar-refractivity contribution in [2.75, 3.05) is 26.4 Å². The van der Waals surface area contributed by atoms with Crippen LogP contribution in [0.5, 0.6) is 0 Å². The summed E-state index contributed by atoms with van der Waals surface area (Å²) in [5.74, 6) is -0.332. The second-order valence-corrected chi connectivity index (χ2v) is 13.0. The quantitative estimate of drug-likeness (QED) is 0.0333. The Bertz CT molecular complexity index is 885. The molecule has 0 aromatic rings. The van der Waals surface area contributed by atoms with Gasteiger partial charge in [0.2, 0.25) is 0 Å².